The first-order valence-electron chi connectivity index (χ1n) is 4.55. The van der Waals surface area contributed by atoms with Crippen LogP contribution in [0.15, 0.2) is 30.3 Å². The molecule has 0 saturated heterocycles. The fraction of sp³-hybridized carbons (Fsp3) is 0.455. The van der Waals surface area contributed by atoms with Gasteiger partial charge in [-0.05, 0) is 26.1 Å². The van der Waals surface area contributed by atoms with Crippen LogP contribution in [0, 0.1) is 0 Å². The minimum atomic E-state index is 0.210. The Morgan fingerprint density at radius 1 is 1.23 bits per heavy atom. The molecule has 1 aromatic rings. The molecule has 1 rings (SSSR count). The number of nitrogens with zero attached hydrogens (tertiary/aromatic N) is 1. The maximum atomic E-state index is 9.12. The second-order valence-corrected chi connectivity index (χ2v) is 3.49. The van der Waals surface area contributed by atoms with Crippen molar-refractivity contribution < 1.29 is 5.11 Å². The first-order chi connectivity index (χ1) is 6.24. The van der Waals surface area contributed by atoms with Crippen LogP contribution in [0.4, 0.5) is 0 Å². The Morgan fingerprint density at radius 3 is 2.31 bits per heavy atom. The van der Waals surface area contributed by atoms with Crippen LogP contribution in [-0.2, 0) is 6.42 Å². The summed E-state index contributed by atoms with van der Waals surface area (Å²) in [5.74, 6) is 0. The predicted octanol–water partition coefficient (Wildman–Crippen LogP) is 1.15. The molecule has 13 heavy (non-hydrogen) atoms. The Morgan fingerprint density at radius 2 is 1.85 bits per heavy atom. The molecule has 0 unspecified atom stereocenters. The number of aliphatic hydroxyl groups is 1. The molecule has 1 atom stereocenters. The molecule has 1 N–H and O–H groups in total. The van der Waals surface area contributed by atoms with E-state index in [2.05, 4.69) is 12.1 Å². The van der Waals surface area contributed by atoms with Crippen LogP contribution in [0.3, 0.4) is 0 Å². The molecule has 0 fully saturated rings. The number of likely N-dealkylation sites (N-methyl/N-ethyl adjacent to an activating group) is 1. The van der Waals surface area contributed by atoms with Crippen LogP contribution in [0.2, 0.25) is 0 Å². The molecule has 0 aliphatic rings. The lowest BCUT2D eigenvalue weighted by Gasteiger charge is -2.21. The predicted molar refractivity (Wildman–Crippen MR) is 54.7 cm³/mol. The zero-order valence-corrected chi connectivity index (χ0v) is 8.27. The van der Waals surface area contributed by atoms with Gasteiger partial charge in [-0.2, -0.15) is 0 Å². The van der Waals surface area contributed by atoms with Gasteiger partial charge in [0.05, 0.1) is 6.61 Å². The van der Waals surface area contributed by atoms with Crippen molar-refractivity contribution in [1.29, 1.82) is 0 Å². The van der Waals surface area contributed by atoms with Crippen LogP contribution in [0.5, 0.6) is 0 Å². The van der Waals surface area contributed by atoms with Gasteiger partial charge in [0.25, 0.3) is 0 Å². The van der Waals surface area contributed by atoms with Crippen molar-refractivity contribution in [2.24, 2.45) is 0 Å². The molecule has 0 aliphatic carbocycles. The van der Waals surface area contributed by atoms with Gasteiger partial charge in [0.1, 0.15) is 0 Å². The SMILES string of the molecule is CN(C)[C@H](CO)Cc1ccccc1. The van der Waals surface area contributed by atoms with E-state index in [1.165, 1.54) is 5.56 Å². The van der Waals surface area contributed by atoms with Gasteiger partial charge in [-0.1, -0.05) is 30.3 Å². The maximum Gasteiger partial charge on any atom is 0.0589 e. The molecule has 2 heteroatoms. The molecular weight excluding hydrogens is 162 g/mol. The third-order valence-electron chi connectivity index (χ3n) is 2.26. The summed E-state index contributed by atoms with van der Waals surface area (Å²) in [5, 5.41) is 9.12. The van der Waals surface area contributed by atoms with Crippen LogP contribution >= 0.6 is 0 Å². The van der Waals surface area contributed by atoms with Gasteiger partial charge in [0.2, 0.25) is 0 Å². The van der Waals surface area contributed by atoms with Crippen molar-refractivity contribution in [3.63, 3.8) is 0 Å². The van der Waals surface area contributed by atoms with Crippen LogP contribution < -0.4 is 0 Å². The van der Waals surface area contributed by atoms with Crippen molar-refractivity contribution in [1.82, 2.24) is 4.90 Å². The third-order valence-corrected chi connectivity index (χ3v) is 2.26. The van der Waals surface area contributed by atoms with E-state index in [4.69, 9.17) is 5.11 Å². The van der Waals surface area contributed by atoms with Crippen molar-refractivity contribution in [3.8, 4) is 0 Å². The average Bonchev–Trinajstić information content (AvgIpc) is 2.15. The number of rotatable bonds is 4. The van der Waals surface area contributed by atoms with Crippen molar-refractivity contribution >= 4 is 0 Å². The van der Waals surface area contributed by atoms with Crippen LogP contribution in [-0.4, -0.2) is 36.8 Å². The number of hydrogen-bond acceptors (Lipinski definition) is 2. The van der Waals surface area contributed by atoms with Crippen molar-refractivity contribution in [3.05, 3.63) is 35.9 Å². The Kier molecular flexibility index (Phi) is 3.93. The van der Waals surface area contributed by atoms with E-state index in [0.29, 0.717) is 0 Å². The van der Waals surface area contributed by atoms with E-state index >= 15 is 0 Å². The number of aliphatic hydroxyl groups excluding tert-OH is 1. The Hall–Kier alpha value is -0.860. The highest BCUT2D eigenvalue weighted by atomic mass is 16.3. The molecular formula is C11H17NO. The molecule has 0 saturated carbocycles. The molecule has 0 bridgehead atoms. The van der Waals surface area contributed by atoms with E-state index < -0.39 is 0 Å². The summed E-state index contributed by atoms with van der Waals surface area (Å²) in [4.78, 5) is 2.05. The lowest BCUT2D eigenvalue weighted by atomic mass is 10.1. The molecule has 0 aliphatic heterocycles. The van der Waals surface area contributed by atoms with Crippen molar-refractivity contribution in [2.45, 2.75) is 12.5 Å². The minimum absolute atomic E-state index is 0.210. The average molecular weight is 179 g/mol. The monoisotopic (exact) mass is 179 g/mol. The molecule has 0 heterocycles. The quantitative estimate of drug-likeness (QED) is 0.749. The zero-order chi connectivity index (χ0) is 9.68. The van der Waals surface area contributed by atoms with Gasteiger partial charge < -0.3 is 10.0 Å². The smallest absolute Gasteiger partial charge is 0.0589 e. The first kappa shape index (κ1) is 10.2. The summed E-state index contributed by atoms with van der Waals surface area (Å²) >= 11 is 0. The van der Waals surface area contributed by atoms with E-state index in [1.807, 2.05) is 37.2 Å². The normalized spacial score (nSPS) is 13.2. The Labute approximate surface area is 79.8 Å². The van der Waals surface area contributed by atoms with Gasteiger partial charge in [0, 0.05) is 6.04 Å². The fourth-order valence-electron chi connectivity index (χ4n) is 1.30. The fourth-order valence-corrected chi connectivity index (χ4v) is 1.30. The van der Waals surface area contributed by atoms with E-state index in [0.717, 1.165) is 6.42 Å². The number of hydrogen-bond donors (Lipinski definition) is 1. The largest absolute Gasteiger partial charge is 0.395 e. The highest BCUT2D eigenvalue weighted by molar-refractivity contribution is 5.15. The molecule has 2 nitrogen and oxygen atoms in total. The number of benzene rings is 1. The minimum Gasteiger partial charge on any atom is -0.395 e. The molecule has 0 spiro atoms. The second kappa shape index (κ2) is 5.00. The Balaban J connectivity index is 2.57. The summed E-state index contributed by atoms with van der Waals surface area (Å²) < 4.78 is 0. The Bertz CT molecular complexity index is 233. The second-order valence-electron chi connectivity index (χ2n) is 3.49. The maximum absolute atomic E-state index is 9.12. The van der Waals surface area contributed by atoms with Gasteiger partial charge >= 0.3 is 0 Å². The highest BCUT2D eigenvalue weighted by Gasteiger charge is 2.09. The summed E-state index contributed by atoms with van der Waals surface area (Å²) in [6, 6.07) is 10.5. The van der Waals surface area contributed by atoms with Gasteiger partial charge in [-0.3, -0.25) is 0 Å². The highest BCUT2D eigenvalue weighted by Crippen LogP contribution is 2.05. The standard InChI is InChI=1S/C11H17NO/c1-12(2)11(9-13)8-10-6-4-3-5-7-10/h3-7,11,13H,8-9H2,1-2H3/t11-/m0/s1. The van der Waals surface area contributed by atoms with Gasteiger partial charge in [-0.15, -0.1) is 0 Å². The van der Waals surface area contributed by atoms with E-state index in [-0.39, 0.29) is 12.6 Å². The first-order valence-corrected chi connectivity index (χ1v) is 4.55. The zero-order valence-electron chi connectivity index (χ0n) is 8.27. The lowest BCUT2D eigenvalue weighted by Crippen LogP contribution is -2.33. The molecule has 72 valence electrons. The molecule has 1 aromatic carbocycles. The van der Waals surface area contributed by atoms with Crippen LogP contribution in [0.1, 0.15) is 5.56 Å². The van der Waals surface area contributed by atoms with Crippen molar-refractivity contribution in [2.75, 3.05) is 20.7 Å². The molecule has 0 amide bonds. The third kappa shape index (κ3) is 3.17. The summed E-state index contributed by atoms with van der Waals surface area (Å²) in [5.41, 5.74) is 1.27. The topological polar surface area (TPSA) is 23.5 Å². The van der Waals surface area contributed by atoms with E-state index in [1.54, 1.807) is 0 Å². The van der Waals surface area contributed by atoms with Gasteiger partial charge in [-0.25, -0.2) is 0 Å². The summed E-state index contributed by atoms with van der Waals surface area (Å²) in [6.07, 6.45) is 0.907. The summed E-state index contributed by atoms with van der Waals surface area (Å²) in [7, 11) is 3.98. The summed E-state index contributed by atoms with van der Waals surface area (Å²) in [6.45, 7) is 0.210. The van der Waals surface area contributed by atoms with E-state index in [9.17, 15) is 0 Å². The lowest BCUT2D eigenvalue weighted by molar-refractivity contribution is 0.169. The molecule has 0 aromatic heterocycles. The molecule has 0 radical (unpaired) electrons. The van der Waals surface area contributed by atoms with Crippen LogP contribution in [0.25, 0.3) is 0 Å². The van der Waals surface area contributed by atoms with Gasteiger partial charge in [0.15, 0.2) is 0 Å².